The van der Waals surface area contributed by atoms with E-state index < -0.39 is 0 Å². The average Bonchev–Trinajstić information content (AvgIpc) is 2.31. The lowest BCUT2D eigenvalue weighted by atomic mass is 9.89. The zero-order valence-electron chi connectivity index (χ0n) is 11.0. The van der Waals surface area contributed by atoms with Gasteiger partial charge in [0.25, 0.3) is 0 Å². The molecular formula is C13H28N2O. The van der Waals surface area contributed by atoms with Crippen LogP contribution in [0.5, 0.6) is 0 Å². The third kappa shape index (κ3) is 5.28. The maximum Gasteiger partial charge on any atom is 0.0705 e. The minimum atomic E-state index is 0.230. The van der Waals surface area contributed by atoms with Gasteiger partial charge in [-0.2, -0.15) is 0 Å². The van der Waals surface area contributed by atoms with Gasteiger partial charge in [-0.25, -0.2) is 0 Å². The van der Waals surface area contributed by atoms with Gasteiger partial charge in [-0.1, -0.05) is 19.3 Å². The standard InChI is InChI=1S/C13H28N2O/c1-15(9-8-13(10-14)16-2)11-12-6-4-3-5-7-12/h12-13H,3-11,14H2,1-2H3. The SMILES string of the molecule is COC(CN)CCN(C)CC1CCCCC1. The molecule has 0 bridgehead atoms. The highest BCUT2D eigenvalue weighted by atomic mass is 16.5. The molecule has 0 aliphatic heterocycles. The van der Waals surface area contributed by atoms with Crippen molar-refractivity contribution in [1.82, 2.24) is 4.90 Å². The molecule has 3 heteroatoms. The number of ether oxygens (including phenoxy) is 1. The van der Waals surface area contributed by atoms with E-state index >= 15 is 0 Å². The van der Waals surface area contributed by atoms with Crippen LogP contribution in [0, 0.1) is 5.92 Å². The highest BCUT2D eigenvalue weighted by Crippen LogP contribution is 2.24. The summed E-state index contributed by atoms with van der Waals surface area (Å²) in [5.41, 5.74) is 5.61. The van der Waals surface area contributed by atoms with Gasteiger partial charge in [0, 0.05) is 26.7 Å². The Bertz CT molecular complexity index is 165. The number of nitrogens with zero attached hydrogens (tertiary/aromatic N) is 1. The number of hydrogen-bond donors (Lipinski definition) is 1. The number of nitrogens with two attached hydrogens (primary N) is 1. The predicted molar refractivity (Wildman–Crippen MR) is 68.5 cm³/mol. The van der Waals surface area contributed by atoms with Gasteiger partial charge in [-0.3, -0.25) is 0 Å². The van der Waals surface area contributed by atoms with E-state index in [4.69, 9.17) is 10.5 Å². The fourth-order valence-corrected chi connectivity index (χ4v) is 2.60. The van der Waals surface area contributed by atoms with Crippen molar-refractivity contribution in [2.75, 3.05) is 33.8 Å². The first kappa shape index (κ1) is 13.9. The smallest absolute Gasteiger partial charge is 0.0705 e. The highest BCUT2D eigenvalue weighted by molar-refractivity contribution is 4.70. The summed E-state index contributed by atoms with van der Waals surface area (Å²) < 4.78 is 5.29. The molecule has 1 saturated carbocycles. The Labute approximate surface area is 100 Å². The summed E-state index contributed by atoms with van der Waals surface area (Å²) in [4.78, 5) is 2.44. The first-order valence-corrected chi connectivity index (χ1v) is 6.67. The minimum absolute atomic E-state index is 0.230. The van der Waals surface area contributed by atoms with Gasteiger partial charge in [0.05, 0.1) is 6.10 Å². The van der Waals surface area contributed by atoms with Crippen LogP contribution in [0.4, 0.5) is 0 Å². The van der Waals surface area contributed by atoms with E-state index in [1.165, 1.54) is 38.6 Å². The molecule has 0 radical (unpaired) electrons. The molecule has 3 nitrogen and oxygen atoms in total. The fourth-order valence-electron chi connectivity index (χ4n) is 2.60. The summed E-state index contributed by atoms with van der Waals surface area (Å²) in [5.74, 6) is 0.928. The summed E-state index contributed by atoms with van der Waals surface area (Å²) in [6.07, 6.45) is 8.44. The number of methoxy groups -OCH3 is 1. The molecule has 0 heterocycles. The van der Waals surface area contributed by atoms with Crippen LogP contribution in [-0.2, 0) is 4.74 Å². The van der Waals surface area contributed by atoms with Crippen molar-refractivity contribution in [3.63, 3.8) is 0 Å². The lowest BCUT2D eigenvalue weighted by Gasteiger charge is -2.27. The van der Waals surface area contributed by atoms with Crippen molar-refractivity contribution < 1.29 is 4.74 Å². The third-order valence-electron chi connectivity index (χ3n) is 3.72. The molecular weight excluding hydrogens is 200 g/mol. The van der Waals surface area contributed by atoms with E-state index in [1.807, 2.05) is 0 Å². The van der Waals surface area contributed by atoms with Crippen LogP contribution in [0.2, 0.25) is 0 Å². The van der Waals surface area contributed by atoms with Crippen molar-refractivity contribution in [3.8, 4) is 0 Å². The molecule has 0 amide bonds. The molecule has 0 aromatic rings. The maximum atomic E-state index is 5.61. The summed E-state index contributed by atoms with van der Waals surface area (Å²) >= 11 is 0. The van der Waals surface area contributed by atoms with Crippen molar-refractivity contribution >= 4 is 0 Å². The molecule has 2 N–H and O–H groups in total. The zero-order valence-corrected chi connectivity index (χ0v) is 11.0. The van der Waals surface area contributed by atoms with E-state index in [9.17, 15) is 0 Å². The third-order valence-corrected chi connectivity index (χ3v) is 3.72. The minimum Gasteiger partial charge on any atom is -0.380 e. The van der Waals surface area contributed by atoms with E-state index in [2.05, 4.69) is 11.9 Å². The van der Waals surface area contributed by atoms with Crippen molar-refractivity contribution in [2.24, 2.45) is 11.7 Å². The molecule has 1 aliphatic rings. The average molecular weight is 228 g/mol. The molecule has 1 aliphatic carbocycles. The molecule has 1 fully saturated rings. The number of rotatable bonds is 7. The second-order valence-electron chi connectivity index (χ2n) is 5.15. The van der Waals surface area contributed by atoms with Crippen molar-refractivity contribution in [2.45, 2.75) is 44.6 Å². The van der Waals surface area contributed by atoms with Crippen LogP contribution in [-0.4, -0.2) is 44.8 Å². The van der Waals surface area contributed by atoms with Gasteiger partial charge in [-0.15, -0.1) is 0 Å². The summed E-state index contributed by atoms with van der Waals surface area (Å²) in [5, 5.41) is 0. The maximum absolute atomic E-state index is 5.61. The Morgan fingerprint density at radius 2 is 2.00 bits per heavy atom. The van der Waals surface area contributed by atoms with Crippen molar-refractivity contribution in [3.05, 3.63) is 0 Å². The molecule has 16 heavy (non-hydrogen) atoms. The molecule has 96 valence electrons. The Morgan fingerprint density at radius 3 is 2.56 bits per heavy atom. The summed E-state index contributed by atoms with van der Waals surface area (Å²) in [7, 11) is 3.97. The van der Waals surface area contributed by atoms with E-state index in [-0.39, 0.29) is 6.10 Å². The Hall–Kier alpha value is -0.120. The largest absolute Gasteiger partial charge is 0.380 e. The van der Waals surface area contributed by atoms with Gasteiger partial charge in [0.15, 0.2) is 0 Å². The molecule has 0 aromatic carbocycles. The summed E-state index contributed by atoms with van der Waals surface area (Å²) in [6.45, 7) is 2.99. The van der Waals surface area contributed by atoms with Gasteiger partial charge in [-0.05, 0) is 32.2 Å². The highest BCUT2D eigenvalue weighted by Gasteiger charge is 2.15. The fraction of sp³-hybridized carbons (Fsp3) is 1.00. The summed E-state index contributed by atoms with van der Waals surface area (Å²) in [6, 6.07) is 0. The quantitative estimate of drug-likeness (QED) is 0.723. The molecule has 1 atom stereocenters. The van der Waals surface area contributed by atoms with Gasteiger partial charge < -0.3 is 15.4 Å². The topological polar surface area (TPSA) is 38.5 Å². The van der Waals surface area contributed by atoms with Crippen LogP contribution in [0.1, 0.15) is 38.5 Å². The molecule has 0 spiro atoms. The van der Waals surface area contributed by atoms with Crippen LogP contribution in [0.15, 0.2) is 0 Å². The lowest BCUT2D eigenvalue weighted by molar-refractivity contribution is 0.0896. The molecule has 0 saturated heterocycles. The van der Waals surface area contributed by atoms with Crippen LogP contribution in [0.3, 0.4) is 0 Å². The van der Waals surface area contributed by atoms with E-state index in [0.717, 1.165) is 18.9 Å². The second kappa shape index (κ2) is 8.04. The van der Waals surface area contributed by atoms with Gasteiger partial charge >= 0.3 is 0 Å². The van der Waals surface area contributed by atoms with E-state index in [0.29, 0.717) is 6.54 Å². The van der Waals surface area contributed by atoms with Crippen LogP contribution in [0.25, 0.3) is 0 Å². The predicted octanol–water partition coefficient (Wildman–Crippen LogP) is 1.86. The van der Waals surface area contributed by atoms with Crippen LogP contribution >= 0.6 is 0 Å². The normalized spacial score (nSPS) is 20.2. The van der Waals surface area contributed by atoms with Gasteiger partial charge in [0.1, 0.15) is 0 Å². The van der Waals surface area contributed by atoms with Crippen LogP contribution < -0.4 is 5.73 Å². The molecule has 1 rings (SSSR count). The zero-order chi connectivity index (χ0) is 11.8. The first-order valence-electron chi connectivity index (χ1n) is 6.67. The lowest BCUT2D eigenvalue weighted by Crippen LogP contribution is -2.32. The second-order valence-corrected chi connectivity index (χ2v) is 5.15. The Balaban J connectivity index is 2.11. The monoisotopic (exact) mass is 228 g/mol. The Morgan fingerprint density at radius 1 is 1.31 bits per heavy atom. The first-order chi connectivity index (χ1) is 7.76. The molecule has 0 aromatic heterocycles. The number of hydrogen-bond acceptors (Lipinski definition) is 3. The van der Waals surface area contributed by atoms with Gasteiger partial charge in [0.2, 0.25) is 0 Å². The molecule has 1 unspecified atom stereocenters. The van der Waals surface area contributed by atoms with E-state index in [1.54, 1.807) is 7.11 Å². The van der Waals surface area contributed by atoms with Crippen molar-refractivity contribution in [1.29, 1.82) is 0 Å². The Kier molecular flexibility index (Phi) is 7.01.